The zero-order chi connectivity index (χ0) is 19.9. The van der Waals surface area contributed by atoms with Crippen molar-refractivity contribution in [1.82, 2.24) is 10.1 Å². The van der Waals surface area contributed by atoms with Crippen LogP contribution in [0.15, 0.2) is 76.4 Å². The number of anilines is 1. The van der Waals surface area contributed by atoms with E-state index in [-0.39, 0.29) is 12.6 Å². The lowest BCUT2D eigenvalue weighted by Crippen LogP contribution is -2.41. The van der Waals surface area contributed by atoms with Gasteiger partial charge in [-0.25, -0.2) is 4.79 Å². The number of para-hydroxylation sites is 1. The molecule has 0 spiro atoms. The van der Waals surface area contributed by atoms with Crippen LogP contribution < -0.4 is 5.32 Å². The number of rotatable bonds is 5. The third-order valence-corrected chi connectivity index (χ3v) is 4.68. The summed E-state index contributed by atoms with van der Waals surface area (Å²) in [6, 6.07) is 21.0. The smallest absolute Gasteiger partial charge is 0.321 e. The second-order valence-electron chi connectivity index (χ2n) is 6.76. The van der Waals surface area contributed by atoms with Crippen LogP contribution >= 0.6 is 0 Å². The second-order valence-corrected chi connectivity index (χ2v) is 6.76. The molecule has 1 aliphatic rings. The fourth-order valence-corrected chi connectivity index (χ4v) is 3.09. The van der Waals surface area contributed by atoms with Crippen molar-refractivity contribution in [3.8, 4) is 11.3 Å². The van der Waals surface area contributed by atoms with Gasteiger partial charge in [-0.3, -0.25) is 0 Å². The minimum atomic E-state index is -0.0905. The van der Waals surface area contributed by atoms with E-state index < -0.39 is 0 Å². The summed E-state index contributed by atoms with van der Waals surface area (Å²) < 4.78 is 5.35. The lowest BCUT2D eigenvalue weighted by molar-refractivity contribution is 0.122. The Kier molecular flexibility index (Phi) is 5.85. The summed E-state index contributed by atoms with van der Waals surface area (Å²) in [5, 5.41) is 11.1. The molecule has 0 radical (unpaired) electrons. The highest BCUT2D eigenvalue weighted by Gasteiger charge is 2.20. The molecule has 0 bridgehead atoms. The second kappa shape index (κ2) is 9.05. The van der Waals surface area contributed by atoms with Crippen LogP contribution in [-0.2, 0) is 11.4 Å². The lowest BCUT2D eigenvalue weighted by Gasteiger charge is -2.27. The summed E-state index contributed by atoms with van der Waals surface area (Å²) in [5.41, 5.74) is 3.40. The van der Waals surface area contributed by atoms with Gasteiger partial charge in [0.25, 0.3) is 0 Å². The Morgan fingerprint density at radius 2 is 1.76 bits per heavy atom. The molecule has 3 aromatic rings. The monoisotopic (exact) mass is 390 g/mol. The van der Waals surface area contributed by atoms with E-state index in [0.717, 1.165) is 17.0 Å². The van der Waals surface area contributed by atoms with Gasteiger partial charge in [0.1, 0.15) is 5.69 Å². The molecular weight excluding hydrogens is 368 g/mol. The van der Waals surface area contributed by atoms with Crippen LogP contribution in [0.25, 0.3) is 11.3 Å². The molecule has 1 saturated heterocycles. The van der Waals surface area contributed by atoms with Gasteiger partial charge >= 0.3 is 6.03 Å². The Labute approximate surface area is 168 Å². The first-order valence-electron chi connectivity index (χ1n) is 9.57. The van der Waals surface area contributed by atoms with Crippen molar-refractivity contribution >= 4 is 17.4 Å². The maximum absolute atomic E-state index is 12.3. The van der Waals surface area contributed by atoms with E-state index in [2.05, 4.69) is 15.6 Å². The number of piperidine rings is 1. The minimum absolute atomic E-state index is 0.0905. The van der Waals surface area contributed by atoms with E-state index in [1.54, 1.807) is 4.90 Å². The van der Waals surface area contributed by atoms with Crippen molar-refractivity contribution in [2.75, 3.05) is 18.4 Å². The topological polar surface area (TPSA) is 80.0 Å². The molecule has 4 rings (SSSR count). The standard InChI is InChI=1S/C22H22N4O3/c27-22(23-18-9-5-2-6-10-18)26-13-11-19(12-14-26)24-28-16-20-15-21(29-25-20)17-7-3-1-4-8-17/h1-10,15H,11-14,16H2,(H,23,27). The Morgan fingerprint density at radius 1 is 1.07 bits per heavy atom. The first-order chi connectivity index (χ1) is 14.3. The number of likely N-dealkylation sites (tertiary alicyclic amines) is 1. The summed E-state index contributed by atoms with van der Waals surface area (Å²) >= 11 is 0. The zero-order valence-corrected chi connectivity index (χ0v) is 16.0. The summed E-state index contributed by atoms with van der Waals surface area (Å²) in [6.07, 6.45) is 1.38. The van der Waals surface area contributed by atoms with E-state index in [1.807, 2.05) is 66.7 Å². The van der Waals surface area contributed by atoms with E-state index in [4.69, 9.17) is 9.36 Å². The molecular formula is C22H22N4O3. The molecule has 0 aliphatic carbocycles. The van der Waals surface area contributed by atoms with Gasteiger partial charge in [-0.2, -0.15) is 0 Å². The highest BCUT2D eigenvalue weighted by Crippen LogP contribution is 2.20. The summed E-state index contributed by atoms with van der Waals surface area (Å²) in [6.45, 7) is 1.48. The maximum Gasteiger partial charge on any atom is 0.321 e. The fraction of sp³-hybridized carbons (Fsp3) is 0.227. The van der Waals surface area contributed by atoms with Gasteiger partial charge in [0.05, 0.1) is 5.71 Å². The van der Waals surface area contributed by atoms with Gasteiger partial charge in [0.2, 0.25) is 0 Å². The third-order valence-electron chi connectivity index (χ3n) is 4.68. The SMILES string of the molecule is O=C(Nc1ccccc1)N1CCC(=NOCc2cc(-c3ccccc3)on2)CC1. The molecule has 7 nitrogen and oxygen atoms in total. The van der Waals surface area contributed by atoms with Crippen molar-refractivity contribution < 1.29 is 14.2 Å². The fourth-order valence-electron chi connectivity index (χ4n) is 3.09. The van der Waals surface area contributed by atoms with Crippen LogP contribution in [0, 0.1) is 0 Å². The normalized spacial score (nSPS) is 13.8. The quantitative estimate of drug-likeness (QED) is 0.649. The van der Waals surface area contributed by atoms with E-state index in [9.17, 15) is 4.79 Å². The third kappa shape index (κ3) is 5.01. The van der Waals surface area contributed by atoms with Crippen LogP contribution in [0.4, 0.5) is 10.5 Å². The number of aromatic nitrogens is 1. The van der Waals surface area contributed by atoms with Crippen molar-refractivity contribution in [3.05, 3.63) is 72.4 Å². The average molecular weight is 390 g/mol. The number of hydrogen-bond acceptors (Lipinski definition) is 5. The first-order valence-corrected chi connectivity index (χ1v) is 9.57. The predicted octanol–water partition coefficient (Wildman–Crippen LogP) is 4.54. The number of carbonyl (C=O) groups excluding carboxylic acids is 1. The van der Waals surface area contributed by atoms with Crippen LogP contribution in [0.1, 0.15) is 18.5 Å². The molecule has 1 fully saturated rings. The van der Waals surface area contributed by atoms with Gasteiger partial charge < -0.3 is 19.6 Å². The Bertz CT molecular complexity index is 960. The number of benzene rings is 2. The minimum Gasteiger partial charge on any atom is -0.389 e. The molecule has 2 heterocycles. The van der Waals surface area contributed by atoms with Crippen molar-refractivity contribution in [2.45, 2.75) is 19.4 Å². The Morgan fingerprint density at radius 3 is 2.48 bits per heavy atom. The molecule has 0 atom stereocenters. The van der Waals surface area contributed by atoms with Gasteiger partial charge in [0, 0.05) is 43.2 Å². The molecule has 1 aromatic heterocycles. The molecule has 2 aromatic carbocycles. The zero-order valence-electron chi connectivity index (χ0n) is 16.0. The summed E-state index contributed by atoms with van der Waals surface area (Å²) in [7, 11) is 0. The number of nitrogens with one attached hydrogen (secondary N) is 1. The van der Waals surface area contributed by atoms with Gasteiger partial charge in [-0.1, -0.05) is 58.8 Å². The highest BCUT2D eigenvalue weighted by atomic mass is 16.6. The summed E-state index contributed by atoms with van der Waals surface area (Å²) in [5.74, 6) is 0.703. The molecule has 1 aliphatic heterocycles. The molecule has 0 unspecified atom stereocenters. The predicted molar refractivity (Wildman–Crippen MR) is 110 cm³/mol. The molecule has 29 heavy (non-hydrogen) atoms. The van der Waals surface area contributed by atoms with Crippen LogP contribution in [0.2, 0.25) is 0 Å². The van der Waals surface area contributed by atoms with E-state index in [0.29, 0.717) is 37.4 Å². The largest absolute Gasteiger partial charge is 0.389 e. The molecule has 7 heteroatoms. The van der Waals surface area contributed by atoms with Gasteiger partial charge in [-0.15, -0.1) is 0 Å². The van der Waals surface area contributed by atoms with Crippen molar-refractivity contribution in [2.24, 2.45) is 5.16 Å². The van der Waals surface area contributed by atoms with Crippen LogP contribution in [0.5, 0.6) is 0 Å². The van der Waals surface area contributed by atoms with Crippen LogP contribution in [-0.4, -0.2) is 34.9 Å². The first kappa shape index (κ1) is 18.7. The number of nitrogens with zero attached hydrogens (tertiary/aromatic N) is 3. The average Bonchev–Trinajstić information content (AvgIpc) is 3.24. The van der Waals surface area contributed by atoms with Crippen LogP contribution in [0.3, 0.4) is 0 Å². The summed E-state index contributed by atoms with van der Waals surface area (Å²) in [4.78, 5) is 19.6. The van der Waals surface area contributed by atoms with Crippen molar-refractivity contribution in [1.29, 1.82) is 0 Å². The van der Waals surface area contributed by atoms with Gasteiger partial charge in [0.15, 0.2) is 12.4 Å². The number of amides is 2. The van der Waals surface area contributed by atoms with Crippen molar-refractivity contribution in [3.63, 3.8) is 0 Å². The number of hydrogen-bond donors (Lipinski definition) is 1. The Hall–Kier alpha value is -3.61. The molecule has 1 N–H and O–H groups in total. The Balaban J connectivity index is 1.23. The lowest BCUT2D eigenvalue weighted by atomic mass is 10.1. The number of carbonyl (C=O) groups is 1. The molecule has 0 saturated carbocycles. The number of urea groups is 1. The van der Waals surface area contributed by atoms with Gasteiger partial charge in [-0.05, 0) is 12.1 Å². The van der Waals surface area contributed by atoms with E-state index >= 15 is 0 Å². The van der Waals surface area contributed by atoms with E-state index in [1.165, 1.54) is 0 Å². The number of oxime groups is 1. The highest BCUT2D eigenvalue weighted by molar-refractivity contribution is 5.92. The molecule has 148 valence electrons. The molecule has 2 amide bonds. The maximum atomic E-state index is 12.3.